The Morgan fingerprint density at radius 2 is 2.29 bits per heavy atom. The van der Waals surface area contributed by atoms with Crippen LogP contribution >= 0.6 is 0 Å². The van der Waals surface area contributed by atoms with Crippen LogP contribution in [0.5, 0.6) is 0 Å². The standard InChI is InChI=1S/C5H8NO/c1-2-7-5(1)3-6-4-5/h1,6H,2-4H2. The van der Waals surface area contributed by atoms with Gasteiger partial charge in [0.15, 0.2) is 0 Å². The highest BCUT2D eigenvalue weighted by molar-refractivity contribution is 5.11. The molecule has 1 spiro atoms. The zero-order valence-electron chi connectivity index (χ0n) is 4.11. The van der Waals surface area contributed by atoms with E-state index in [2.05, 4.69) is 11.7 Å². The molecule has 0 bridgehead atoms. The molecule has 0 aromatic rings. The first-order chi connectivity index (χ1) is 3.41. The minimum Gasteiger partial charge on any atom is -0.372 e. The third-order valence-corrected chi connectivity index (χ3v) is 1.67. The van der Waals surface area contributed by atoms with E-state index in [0.29, 0.717) is 0 Å². The summed E-state index contributed by atoms with van der Waals surface area (Å²) in [7, 11) is 0. The van der Waals surface area contributed by atoms with Crippen LogP contribution in [0, 0.1) is 6.42 Å². The maximum atomic E-state index is 5.24. The first-order valence-corrected chi connectivity index (χ1v) is 2.60. The first kappa shape index (κ1) is 3.87. The van der Waals surface area contributed by atoms with Crippen molar-refractivity contribution in [3.8, 4) is 0 Å². The molecule has 0 saturated carbocycles. The van der Waals surface area contributed by atoms with Gasteiger partial charge < -0.3 is 10.1 Å². The van der Waals surface area contributed by atoms with Crippen molar-refractivity contribution in [3.05, 3.63) is 6.42 Å². The second kappa shape index (κ2) is 1.01. The molecule has 0 unspecified atom stereocenters. The average Bonchev–Trinajstić information content (AvgIpc) is 1.20. The zero-order valence-corrected chi connectivity index (χ0v) is 4.11. The highest BCUT2D eigenvalue weighted by Gasteiger charge is 2.44. The van der Waals surface area contributed by atoms with Crippen LogP contribution in [-0.2, 0) is 4.74 Å². The largest absolute Gasteiger partial charge is 0.372 e. The maximum Gasteiger partial charge on any atom is 0.0984 e. The van der Waals surface area contributed by atoms with Crippen molar-refractivity contribution >= 4 is 0 Å². The van der Waals surface area contributed by atoms with Gasteiger partial charge in [0, 0.05) is 19.5 Å². The molecular weight excluding hydrogens is 90.1 g/mol. The third kappa shape index (κ3) is 0.359. The fourth-order valence-corrected chi connectivity index (χ4v) is 0.937. The summed E-state index contributed by atoms with van der Waals surface area (Å²) in [6, 6.07) is 0. The predicted molar refractivity (Wildman–Crippen MR) is 25.9 cm³/mol. The fraction of sp³-hybridized carbons (Fsp3) is 0.800. The number of ether oxygens (including phenoxy) is 1. The van der Waals surface area contributed by atoms with Gasteiger partial charge in [0.1, 0.15) is 0 Å². The first-order valence-electron chi connectivity index (χ1n) is 2.60. The van der Waals surface area contributed by atoms with Crippen LogP contribution in [0.3, 0.4) is 0 Å². The number of hydrogen-bond donors (Lipinski definition) is 1. The van der Waals surface area contributed by atoms with Crippen molar-refractivity contribution in [2.24, 2.45) is 0 Å². The molecule has 0 atom stereocenters. The number of nitrogens with one attached hydrogen (secondary N) is 1. The Morgan fingerprint density at radius 3 is 2.29 bits per heavy atom. The van der Waals surface area contributed by atoms with E-state index in [1.807, 2.05) is 0 Å². The molecule has 2 heterocycles. The highest BCUT2D eigenvalue weighted by Crippen LogP contribution is 2.28. The molecule has 1 N–H and O–H groups in total. The third-order valence-electron chi connectivity index (χ3n) is 1.67. The van der Waals surface area contributed by atoms with Crippen LogP contribution in [0.4, 0.5) is 0 Å². The van der Waals surface area contributed by atoms with E-state index in [1.165, 1.54) is 0 Å². The Labute approximate surface area is 42.9 Å². The fourth-order valence-electron chi connectivity index (χ4n) is 0.937. The van der Waals surface area contributed by atoms with E-state index in [9.17, 15) is 0 Å². The maximum absolute atomic E-state index is 5.24. The topological polar surface area (TPSA) is 21.3 Å². The smallest absolute Gasteiger partial charge is 0.0984 e. The Hall–Kier alpha value is -0.0800. The molecule has 2 rings (SSSR count). The molecule has 0 aromatic carbocycles. The van der Waals surface area contributed by atoms with Crippen LogP contribution in [0.2, 0.25) is 0 Å². The van der Waals surface area contributed by atoms with E-state index in [-0.39, 0.29) is 5.60 Å². The molecule has 1 radical (unpaired) electrons. The van der Waals surface area contributed by atoms with E-state index in [1.54, 1.807) is 0 Å². The summed E-state index contributed by atoms with van der Waals surface area (Å²) in [4.78, 5) is 0. The molecule has 2 nitrogen and oxygen atoms in total. The second-order valence-corrected chi connectivity index (χ2v) is 2.18. The summed E-state index contributed by atoms with van der Waals surface area (Å²) >= 11 is 0. The molecule has 7 heavy (non-hydrogen) atoms. The van der Waals surface area contributed by atoms with Crippen LogP contribution in [0.1, 0.15) is 0 Å². The predicted octanol–water partition coefficient (Wildman–Crippen LogP) is -0.437. The highest BCUT2D eigenvalue weighted by atomic mass is 16.5. The minimum atomic E-state index is 0.208. The summed E-state index contributed by atoms with van der Waals surface area (Å²) in [5, 5.41) is 3.15. The molecule has 0 amide bonds. The van der Waals surface area contributed by atoms with Crippen molar-refractivity contribution in [2.45, 2.75) is 5.60 Å². The molecule has 2 fully saturated rings. The van der Waals surface area contributed by atoms with Gasteiger partial charge in [-0.25, -0.2) is 0 Å². The van der Waals surface area contributed by atoms with Crippen molar-refractivity contribution in [2.75, 3.05) is 19.7 Å². The van der Waals surface area contributed by atoms with Gasteiger partial charge in [0.25, 0.3) is 0 Å². The van der Waals surface area contributed by atoms with Crippen molar-refractivity contribution in [3.63, 3.8) is 0 Å². The van der Waals surface area contributed by atoms with Gasteiger partial charge in [-0.05, 0) is 0 Å². The molecule has 2 saturated heterocycles. The Morgan fingerprint density at radius 1 is 1.57 bits per heavy atom. The van der Waals surface area contributed by atoms with Crippen LogP contribution in [0.15, 0.2) is 0 Å². The SMILES string of the molecule is [CH]1COC12CNC2. The lowest BCUT2D eigenvalue weighted by Gasteiger charge is -2.48. The van der Waals surface area contributed by atoms with Gasteiger partial charge in [-0.2, -0.15) is 0 Å². The molecule has 2 heteroatoms. The van der Waals surface area contributed by atoms with Gasteiger partial charge in [-0.15, -0.1) is 0 Å². The Balaban J connectivity index is 2.00. The van der Waals surface area contributed by atoms with Crippen molar-refractivity contribution in [1.29, 1.82) is 0 Å². The Kier molecular flexibility index (Phi) is 0.557. The lowest BCUT2D eigenvalue weighted by Crippen LogP contribution is -2.67. The molecule has 2 aliphatic rings. The minimum absolute atomic E-state index is 0.208. The molecule has 0 aliphatic carbocycles. The molecule has 39 valence electrons. The van der Waals surface area contributed by atoms with Crippen LogP contribution < -0.4 is 5.32 Å². The van der Waals surface area contributed by atoms with Gasteiger partial charge in [-0.3, -0.25) is 0 Å². The molecule has 2 aliphatic heterocycles. The summed E-state index contributed by atoms with van der Waals surface area (Å²) in [6.07, 6.45) is 2.23. The summed E-state index contributed by atoms with van der Waals surface area (Å²) in [5.74, 6) is 0. The number of hydrogen-bond acceptors (Lipinski definition) is 2. The van der Waals surface area contributed by atoms with E-state index >= 15 is 0 Å². The second-order valence-electron chi connectivity index (χ2n) is 2.18. The van der Waals surface area contributed by atoms with Gasteiger partial charge in [-0.1, -0.05) is 0 Å². The Bertz CT molecular complexity index is 68.6. The van der Waals surface area contributed by atoms with E-state index in [0.717, 1.165) is 19.7 Å². The number of rotatable bonds is 0. The molecule has 0 aromatic heterocycles. The molecular formula is C5H8NO. The summed E-state index contributed by atoms with van der Waals surface area (Å²) < 4.78 is 5.24. The monoisotopic (exact) mass is 98.1 g/mol. The van der Waals surface area contributed by atoms with Crippen LogP contribution in [-0.4, -0.2) is 25.3 Å². The zero-order chi connectivity index (χ0) is 4.74. The van der Waals surface area contributed by atoms with Gasteiger partial charge >= 0.3 is 0 Å². The normalized spacial score (nSPS) is 34.3. The lowest BCUT2D eigenvalue weighted by molar-refractivity contribution is -0.120. The quantitative estimate of drug-likeness (QED) is 0.443. The van der Waals surface area contributed by atoms with Crippen LogP contribution in [0.25, 0.3) is 0 Å². The summed E-state index contributed by atoms with van der Waals surface area (Å²) in [6.45, 7) is 2.93. The van der Waals surface area contributed by atoms with Gasteiger partial charge in [0.2, 0.25) is 0 Å². The van der Waals surface area contributed by atoms with Crippen molar-refractivity contribution in [1.82, 2.24) is 5.32 Å². The van der Waals surface area contributed by atoms with Gasteiger partial charge in [0.05, 0.1) is 12.2 Å². The lowest BCUT2D eigenvalue weighted by atomic mass is 9.89. The van der Waals surface area contributed by atoms with E-state index in [4.69, 9.17) is 4.74 Å². The summed E-state index contributed by atoms with van der Waals surface area (Å²) in [5.41, 5.74) is 0.208. The van der Waals surface area contributed by atoms with Crippen molar-refractivity contribution < 1.29 is 4.74 Å². The van der Waals surface area contributed by atoms with E-state index < -0.39 is 0 Å². The average molecular weight is 98.1 g/mol.